The van der Waals surface area contributed by atoms with Crippen LogP contribution in [0.15, 0.2) is 48.9 Å². The average molecular weight is 470 g/mol. The van der Waals surface area contributed by atoms with Gasteiger partial charge in [-0.3, -0.25) is 9.67 Å². The molecule has 2 aromatic heterocycles. The molecule has 0 fully saturated rings. The van der Waals surface area contributed by atoms with Crippen LogP contribution in [0, 0.1) is 5.82 Å². The number of anilines is 2. The lowest BCUT2D eigenvalue weighted by atomic mass is 10.2. The predicted molar refractivity (Wildman–Crippen MR) is 128 cm³/mol. The normalized spacial score (nSPS) is 11.1. The van der Waals surface area contributed by atoms with Gasteiger partial charge < -0.3 is 18.6 Å². The summed E-state index contributed by atoms with van der Waals surface area (Å²) in [6, 6.07) is 8.78. The van der Waals surface area contributed by atoms with Crippen molar-refractivity contribution < 1.29 is 18.0 Å². The van der Waals surface area contributed by atoms with Crippen LogP contribution in [-0.4, -0.2) is 53.4 Å². The molecule has 172 valence electrons. The van der Waals surface area contributed by atoms with E-state index >= 15 is 4.39 Å². The van der Waals surface area contributed by atoms with Gasteiger partial charge in [0.1, 0.15) is 5.75 Å². The first-order chi connectivity index (χ1) is 16.0. The monoisotopic (exact) mass is 469 g/mol. The molecular formula is C23H24FN5O3S. The van der Waals surface area contributed by atoms with Gasteiger partial charge in [-0.2, -0.15) is 5.10 Å². The van der Waals surface area contributed by atoms with E-state index in [1.165, 1.54) is 32.3 Å². The average Bonchev–Trinajstić information content (AvgIpc) is 3.28. The van der Waals surface area contributed by atoms with E-state index in [2.05, 4.69) is 10.1 Å². The van der Waals surface area contributed by atoms with Gasteiger partial charge in [-0.05, 0) is 30.2 Å². The lowest BCUT2D eigenvalue weighted by molar-refractivity contribution is 0.371. The van der Waals surface area contributed by atoms with E-state index in [1.54, 1.807) is 23.1 Å². The summed E-state index contributed by atoms with van der Waals surface area (Å²) in [5, 5.41) is 4.20. The van der Waals surface area contributed by atoms with Gasteiger partial charge in [-0.1, -0.05) is 0 Å². The lowest BCUT2D eigenvalue weighted by Crippen LogP contribution is -2.23. The highest BCUT2D eigenvalue weighted by atomic mass is 32.2. The Morgan fingerprint density at radius 1 is 1.09 bits per heavy atom. The molecule has 4 aromatic rings. The quantitative estimate of drug-likeness (QED) is 0.260. The lowest BCUT2D eigenvalue weighted by Gasteiger charge is -2.26. The van der Waals surface area contributed by atoms with E-state index in [9.17, 15) is 0 Å². The number of benzene rings is 2. The van der Waals surface area contributed by atoms with Crippen molar-refractivity contribution in [2.24, 2.45) is 7.05 Å². The Labute approximate surface area is 195 Å². The largest absolute Gasteiger partial charge is 0.497 e. The number of nitrogens with zero attached hydrogens (tertiary/aromatic N) is 5. The summed E-state index contributed by atoms with van der Waals surface area (Å²) in [5.41, 5.74) is 4.03. The van der Waals surface area contributed by atoms with E-state index in [4.69, 9.17) is 18.6 Å². The Balaban J connectivity index is 1.81. The Bertz CT molecular complexity index is 1270. The van der Waals surface area contributed by atoms with Crippen molar-refractivity contribution in [3.63, 3.8) is 0 Å². The predicted octanol–water partition coefficient (Wildman–Crippen LogP) is 4.62. The number of fused-ring (bicyclic) bond motifs is 1. The van der Waals surface area contributed by atoms with Crippen LogP contribution in [-0.2, 0) is 11.2 Å². The fraction of sp³-hybridized carbons (Fsp3) is 0.261. The smallest absolute Gasteiger partial charge is 0.188 e. The number of halogens is 1. The molecule has 0 saturated carbocycles. The van der Waals surface area contributed by atoms with Gasteiger partial charge >= 0.3 is 0 Å². The molecular weight excluding hydrogens is 445 g/mol. The fourth-order valence-electron chi connectivity index (χ4n) is 3.48. The Hall–Kier alpha value is -3.37. The standard InChI is InChI=1S/C23H24FN5O3S/c1-28-14-15(12-26-28)20-13-25-18-6-5-16(9-19(18)27-20)29(7-8-32-33-4)21-10-17(30-2)11-22(31-3)23(21)24/h5-6,9-14H,7-8H2,1-4H3. The van der Waals surface area contributed by atoms with E-state index in [1.807, 2.05) is 42.6 Å². The zero-order valence-electron chi connectivity index (χ0n) is 18.8. The van der Waals surface area contributed by atoms with Crippen molar-refractivity contribution in [1.29, 1.82) is 0 Å². The number of aromatic nitrogens is 4. The molecule has 0 aliphatic carbocycles. The number of hydrogen-bond donors (Lipinski definition) is 0. The molecule has 0 spiro atoms. The van der Waals surface area contributed by atoms with Crippen LogP contribution in [0.25, 0.3) is 22.3 Å². The van der Waals surface area contributed by atoms with Crippen LogP contribution in [0.5, 0.6) is 11.5 Å². The fourth-order valence-corrected chi connectivity index (χ4v) is 3.72. The minimum Gasteiger partial charge on any atom is -0.497 e. The zero-order chi connectivity index (χ0) is 23.4. The first-order valence-corrected chi connectivity index (χ1v) is 11.3. The van der Waals surface area contributed by atoms with Crippen molar-refractivity contribution in [3.8, 4) is 22.8 Å². The first-order valence-electron chi connectivity index (χ1n) is 10.1. The molecule has 0 unspecified atom stereocenters. The highest BCUT2D eigenvalue weighted by Gasteiger charge is 2.20. The van der Waals surface area contributed by atoms with E-state index < -0.39 is 5.82 Å². The summed E-state index contributed by atoms with van der Waals surface area (Å²) in [4.78, 5) is 11.1. The van der Waals surface area contributed by atoms with Gasteiger partial charge in [0.15, 0.2) is 11.6 Å². The molecule has 2 heterocycles. The molecule has 2 aromatic carbocycles. The van der Waals surface area contributed by atoms with Gasteiger partial charge in [0.05, 0.1) is 55.6 Å². The molecule has 33 heavy (non-hydrogen) atoms. The van der Waals surface area contributed by atoms with Crippen molar-refractivity contribution in [2.75, 3.05) is 38.5 Å². The highest BCUT2D eigenvalue weighted by Crippen LogP contribution is 2.37. The highest BCUT2D eigenvalue weighted by molar-refractivity contribution is 7.93. The first kappa shape index (κ1) is 22.8. The molecule has 8 nitrogen and oxygen atoms in total. The number of aryl methyl sites for hydroxylation is 1. The third-order valence-corrected chi connectivity index (χ3v) is 5.50. The van der Waals surface area contributed by atoms with Gasteiger partial charge in [-0.15, -0.1) is 0 Å². The van der Waals surface area contributed by atoms with Gasteiger partial charge in [0.2, 0.25) is 0 Å². The van der Waals surface area contributed by atoms with E-state index in [0.717, 1.165) is 16.8 Å². The van der Waals surface area contributed by atoms with Crippen molar-refractivity contribution in [1.82, 2.24) is 19.7 Å². The number of hydrogen-bond acceptors (Lipinski definition) is 8. The second kappa shape index (κ2) is 10.1. The zero-order valence-corrected chi connectivity index (χ0v) is 19.6. The number of ether oxygens (including phenoxy) is 2. The third kappa shape index (κ3) is 4.86. The van der Waals surface area contributed by atoms with Gasteiger partial charge in [-0.25, -0.2) is 9.37 Å². The van der Waals surface area contributed by atoms with Crippen molar-refractivity contribution >= 4 is 34.5 Å². The molecule has 0 aliphatic rings. The van der Waals surface area contributed by atoms with Crippen LogP contribution in [0.1, 0.15) is 0 Å². The maximum Gasteiger partial charge on any atom is 0.188 e. The maximum absolute atomic E-state index is 15.3. The second-order valence-electron chi connectivity index (χ2n) is 7.13. The van der Waals surface area contributed by atoms with E-state index in [0.29, 0.717) is 35.8 Å². The second-order valence-corrected chi connectivity index (χ2v) is 7.70. The SMILES string of the molecule is COc1cc(OC)c(F)c(N(CCOSC)c2ccc3ncc(-c4cnn(C)c4)nc3c2)c1. The summed E-state index contributed by atoms with van der Waals surface area (Å²) in [5.74, 6) is 0.0933. The van der Waals surface area contributed by atoms with Crippen LogP contribution >= 0.6 is 12.0 Å². The molecule has 0 N–H and O–H groups in total. The summed E-state index contributed by atoms with van der Waals surface area (Å²) in [7, 11) is 4.80. The van der Waals surface area contributed by atoms with Crippen LogP contribution in [0.3, 0.4) is 0 Å². The molecule has 0 atom stereocenters. The van der Waals surface area contributed by atoms with Crippen LogP contribution in [0.2, 0.25) is 0 Å². The minimum absolute atomic E-state index is 0.0968. The van der Waals surface area contributed by atoms with Gasteiger partial charge in [0, 0.05) is 49.4 Å². The summed E-state index contributed by atoms with van der Waals surface area (Å²) >= 11 is 1.26. The molecule has 0 bridgehead atoms. The molecule has 0 amide bonds. The van der Waals surface area contributed by atoms with Crippen LogP contribution in [0.4, 0.5) is 15.8 Å². The molecule has 4 rings (SSSR count). The summed E-state index contributed by atoms with van der Waals surface area (Å²) in [6.07, 6.45) is 7.17. The minimum atomic E-state index is -0.488. The maximum atomic E-state index is 15.3. The Morgan fingerprint density at radius 3 is 2.64 bits per heavy atom. The molecule has 0 saturated heterocycles. The Kier molecular flexibility index (Phi) is 6.95. The molecule has 0 radical (unpaired) electrons. The van der Waals surface area contributed by atoms with Crippen LogP contribution < -0.4 is 14.4 Å². The summed E-state index contributed by atoms with van der Waals surface area (Å²) < 4.78 is 33.1. The van der Waals surface area contributed by atoms with E-state index in [-0.39, 0.29) is 5.75 Å². The number of methoxy groups -OCH3 is 2. The van der Waals surface area contributed by atoms with Crippen molar-refractivity contribution in [2.45, 2.75) is 0 Å². The summed E-state index contributed by atoms with van der Waals surface area (Å²) in [6.45, 7) is 0.773. The number of rotatable bonds is 9. The molecule has 10 heteroatoms. The Morgan fingerprint density at radius 2 is 1.94 bits per heavy atom. The third-order valence-electron chi connectivity index (χ3n) is 5.09. The molecule has 0 aliphatic heterocycles. The van der Waals surface area contributed by atoms with Gasteiger partial charge in [0.25, 0.3) is 0 Å². The van der Waals surface area contributed by atoms with Crippen molar-refractivity contribution in [3.05, 3.63) is 54.7 Å². The topological polar surface area (TPSA) is 74.5 Å².